The number of carbonyl (C=O) groups excluding carboxylic acids is 1. The first-order chi connectivity index (χ1) is 20.1. The number of piperidine rings is 1. The summed E-state index contributed by atoms with van der Waals surface area (Å²) >= 11 is 0. The Balaban J connectivity index is 1.04. The fraction of sp³-hybridized carbons (Fsp3) is 0.355. The number of ether oxygens (including phenoxy) is 1. The molecule has 0 saturated carbocycles. The van der Waals surface area contributed by atoms with Crippen LogP contribution < -0.4 is 15.5 Å². The van der Waals surface area contributed by atoms with Crippen molar-refractivity contribution in [3.63, 3.8) is 0 Å². The number of rotatable bonds is 8. The minimum Gasteiger partial charge on any atom is -0.461 e. The lowest BCUT2D eigenvalue weighted by Gasteiger charge is -2.33. The number of benzene rings is 1. The fourth-order valence-corrected chi connectivity index (χ4v) is 5.27. The summed E-state index contributed by atoms with van der Waals surface area (Å²) < 4.78 is 5.69. The van der Waals surface area contributed by atoms with Gasteiger partial charge in [-0.1, -0.05) is 18.2 Å². The monoisotopic (exact) mass is 550 g/mol. The quantitative estimate of drug-likeness (QED) is 0.311. The first-order valence-electron chi connectivity index (χ1n) is 14.2. The number of pyridine rings is 1. The van der Waals surface area contributed by atoms with E-state index in [4.69, 9.17) is 9.72 Å². The summed E-state index contributed by atoms with van der Waals surface area (Å²) in [6.07, 6.45) is 6.67. The van der Waals surface area contributed by atoms with Gasteiger partial charge in [-0.2, -0.15) is 0 Å². The number of hydrogen-bond acceptors (Lipinski definition) is 10. The Bertz CT molecular complexity index is 1480. The highest BCUT2D eigenvalue weighted by molar-refractivity contribution is 5.73. The molecule has 1 atom stereocenters. The third-order valence-electron chi connectivity index (χ3n) is 7.52. The van der Waals surface area contributed by atoms with Crippen LogP contribution in [0.1, 0.15) is 36.3 Å². The molecule has 2 saturated heterocycles. The number of carbonyl (C=O) groups is 1. The summed E-state index contributed by atoms with van der Waals surface area (Å²) in [5.41, 5.74) is 3.94. The van der Waals surface area contributed by atoms with Crippen LogP contribution in [0.3, 0.4) is 0 Å². The molecule has 3 aromatic heterocycles. The molecule has 41 heavy (non-hydrogen) atoms. The van der Waals surface area contributed by atoms with E-state index in [9.17, 15) is 4.79 Å². The highest BCUT2D eigenvalue weighted by Gasteiger charge is 2.29. The maximum absolute atomic E-state index is 12.5. The molecule has 210 valence electrons. The Hall–Kier alpha value is -4.44. The molecule has 2 aliphatic heterocycles. The average molecular weight is 551 g/mol. The normalized spacial score (nSPS) is 17.4. The minimum absolute atomic E-state index is 0.00250. The van der Waals surface area contributed by atoms with Crippen LogP contribution in [0.5, 0.6) is 0 Å². The molecule has 0 radical (unpaired) electrons. The van der Waals surface area contributed by atoms with Gasteiger partial charge in [0, 0.05) is 49.8 Å². The summed E-state index contributed by atoms with van der Waals surface area (Å²) in [4.78, 5) is 37.5. The van der Waals surface area contributed by atoms with E-state index in [1.807, 2.05) is 31.2 Å². The van der Waals surface area contributed by atoms with E-state index in [1.54, 1.807) is 18.5 Å². The molecular weight excluding hydrogens is 516 g/mol. The third-order valence-corrected chi connectivity index (χ3v) is 7.52. The van der Waals surface area contributed by atoms with E-state index in [2.05, 4.69) is 59.7 Å². The van der Waals surface area contributed by atoms with Crippen molar-refractivity contribution in [1.82, 2.24) is 30.2 Å². The average Bonchev–Trinajstić information content (AvgIpc) is 3.51. The van der Waals surface area contributed by atoms with Crippen molar-refractivity contribution < 1.29 is 9.53 Å². The zero-order valence-corrected chi connectivity index (χ0v) is 23.2. The number of hydrogen-bond donors (Lipinski definition) is 2. The summed E-state index contributed by atoms with van der Waals surface area (Å²) in [6, 6.07) is 17.9. The summed E-state index contributed by atoms with van der Waals surface area (Å²) in [6.45, 7) is 5.35. The Morgan fingerprint density at radius 2 is 1.73 bits per heavy atom. The molecule has 2 aliphatic rings. The number of anilines is 3. The second-order valence-corrected chi connectivity index (χ2v) is 10.6. The van der Waals surface area contributed by atoms with E-state index in [1.165, 1.54) is 5.69 Å². The number of aromatic nitrogens is 5. The van der Waals surface area contributed by atoms with E-state index in [0.717, 1.165) is 62.4 Å². The lowest BCUT2D eigenvalue weighted by molar-refractivity contribution is -0.153. The molecule has 4 aromatic rings. The molecular formula is C31H34N8O2. The van der Waals surface area contributed by atoms with Crippen LogP contribution in [-0.4, -0.2) is 63.2 Å². The molecule has 10 nitrogen and oxygen atoms in total. The second-order valence-electron chi connectivity index (χ2n) is 10.6. The van der Waals surface area contributed by atoms with Gasteiger partial charge >= 0.3 is 5.97 Å². The van der Waals surface area contributed by atoms with Gasteiger partial charge in [0.05, 0.1) is 5.92 Å². The standard InChI is InChI=1S/C31H34N8O2/c1-21-3-2-4-26(35-21)30-34-16-11-28(38-30)36-27-10-15-33-29(37-27)19-22-5-7-24(8-6-22)39-17-12-23(13-18-39)31(40)41-25-9-14-32-20-25/h2-8,10-11,15-16,23,25,32H,9,12-14,17-20H2,1H3,(H,33,34,36,37,38). The van der Waals surface area contributed by atoms with Crippen LogP contribution in [0, 0.1) is 12.8 Å². The lowest BCUT2D eigenvalue weighted by Crippen LogP contribution is -2.38. The first-order valence-corrected chi connectivity index (χ1v) is 14.2. The smallest absolute Gasteiger partial charge is 0.309 e. The van der Waals surface area contributed by atoms with Crippen LogP contribution >= 0.6 is 0 Å². The molecule has 5 heterocycles. The summed E-state index contributed by atoms with van der Waals surface area (Å²) in [7, 11) is 0. The van der Waals surface area contributed by atoms with Crippen molar-refractivity contribution in [2.45, 2.75) is 38.7 Å². The van der Waals surface area contributed by atoms with Crippen molar-refractivity contribution >= 4 is 23.3 Å². The molecule has 0 aliphatic carbocycles. The van der Waals surface area contributed by atoms with E-state index >= 15 is 0 Å². The molecule has 0 spiro atoms. The maximum Gasteiger partial charge on any atom is 0.309 e. The van der Waals surface area contributed by atoms with Crippen LogP contribution in [0.25, 0.3) is 11.5 Å². The van der Waals surface area contributed by atoms with Gasteiger partial charge in [-0.3, -0.25) is 4.79 Å². The van der Waals surface area contributed by atoms with Gasteiger partial charge in [-0.05, 0) is 74.7 Å². The molecule has 1 aromatic carbocycles. The Kier molecular flexibility index (Phi) is 8.09. The first kappa shape index (κ1) is 26.8. The zero-order chi connectivity index (χ0) is 28.0. The predicted octanol–water partition coefficient (Wildman–Crippen LogP) is 4.09. The Morgan fingerprint density at radius 1 is 0.951 bits per heavy atom. The number of aryl methyl sites for hydroxylation is 1. The molecule has 10 heteroatoms. The fourth-order valence-electron chi connectivity index (χ4n) is 5.27. The Labute approximate surface area is 239 Å². The lowest BCUT2D eigenvalue weighted by atomic mass is 9.96. The number of esters is 1. The Morgan fingerprint density at radius 3 is 2.49 bits per heavy atom. The SMILES string of the molecule is Cc1cccc(-c2nccc(Nc3ccnc(Cc4ccc(N5CCC(C(=O)OC6CCNC6)CC5)cc4)n3)n2)n1. The molecule has 0 bridgehead atoms. The van der Waals surface area contributed by atoms with Crippen LogP contribution in [0.2, 0.25) is 0 Å². The zero-order valence-electron chi connectivity index (χ0n) is 23.2. The maximum atomic E-state index is 12.5. The van der Waals surface area contributed by atoms with Gasteiger partial charge in [-0.25, -0.2) is 24.9 Å². The van der Waals surface area contributed by atoms with Crippen molar-refractivity contribution in [2.24, 2.45) is 5.92 Å². The van der Waals surface area contributed by atoms with Gasteiger partial charge in [0.25, 0.3) is 0 Å². The largest absolute Gasteiger partial charge is 0.461 e. The van der Waals surface area contributed by atoms with Crippen LogP contribution in [-0.2, 0) is 16.0 Å². The third kappa shape index (κ3) is 6.83. The van der Waals surface area contributed by atoms with E-state index in [0.29, 0.717) is 29.7 Å². The predicted molar refractivity (Wildman–Crippen MR) is 157 cm³/mol. The second kappa shape index (κ2) is 12.4. The minimum atomic E-state index is -0.0335. The molecule has 1 unspecified atom stereocenters. The van der Waals surface area contributed by atoms with Gasteiger partial charge in [0.2, 0.25) is 0 Å². The van der Waals surface area contributed by atoms with Gasteiger partial charge in [0.15, 0.2) is 5.82 Å². The number of nitrogens with zero attached hydrogens (tertiary/aromatic N) is 6. The van der Waals surface area contributed by atoms with E-state index in [-0.39, 0.29) is 18.0 Å². The van der Waals surface area contributed by atoms with E-state index < -0.39 is 0 Å². The highest BCUT2D eigenvalue weighted by atomic mass is 16.5. The van der Waals surface area contributed by atoms with Crippen molar-refractivity contribution in [1.29, 1.82) is 0 Å². The number of nitrogens with one attached hydrogen (secondary N) is 2. The van der Waals surface area contributed by atoms with Crippen molar-refractivity contribution in [3.8, 4) is 11.5 Å². The molecule has 2 fully saturated rings. The molecule has 0 amide bonds. The topological polar surface area (TPSA) is 118 Å². The van der Waals surface area contributed by atoms with Crippen molar-refractivity contribution in [3.05, 3.63) is 84.1 Å². The summed E-state index contributed by atoms with van der Waals surface area (Å²) in [5.74, 6) is 2.54. The molecule has 2 N–H and O–H groups in total. The van der Waals surface area contributed by atoms with Crippen LogP contribution in [0.4, 0.5) is 17.3 Å². The van der Waals surface area contributed by atoms with Gasteiger partial charge in [-0.15, -0.1) is 0 Å². The van der Waals surface area contributed by atoms with Crippen LogP contribution in [0.15, 0.2) is 67.0 Å². The summed E-state index contributed by atoms with van der Waals surface area (Å²) in [5, 5.41) is 6.51. The van der Waals surface area contributed by atoms with Gasteiger partial charge < -0.3 is 20.3 Å². The molecule has 6 rings (SSSR count). The van der Waals surface area contributed by atoms with Gasteiger partial charge in [0.1, 0.15) is 29.3 Å². The highest BCUT2D eigenvalue weighted by Crippen LogP contribution is 2.26. The van der Waals surface area contributed by atoms with Crippen molar-refractivity contribution in [2.75, 3.05) is 36.4 Å².